The zero-order valence-corrected chi connectivity index (χ0v) is 11.0. The lowest BCUT2D eigenvalue weighted by molar-refractivity contribution is -0.121. The van der Waals surface area contributed by atoms with Crippen LogP contribution in [0, 0.1) is 17.8 Å². The van der Waals surface area contributed by atoms with Crippen LogP contribution in [0.1, 0.15) is 51.4 Å². The van der Waals surface area contributed by atoms with Crippen molar-refractivity contribution < 1.29 is 4.79 Å². The summed E-state index contributed by atoms with van der Waals surface area (Å²) in [5.41, 5.74) is 0. The van der Waals surface area contributed by atoms with Crippen molar-refractivity contribution in [3.63, 3.8) is 0 Å². The van der Waals surface area contributed by atoms with E-state index in [1.54, 1.807) is 0 Å². The van der Waals surface area contributed by atoms with Crippen LogP contribution in [0.5, 0.6) is 0 Å². The van der Waals surface area contributed by atoms with Crippen LogP contribution in [0.25, 0.3) is 0 Å². The molecule has 0 aliphatic heterocycles. The maximum Gasteiger partial charge on any atom is 0.134 e. The fraction of sp³-hybridized carbons (Fsp3) is 0.933. The summed E-state index contributed by atoms with van der Waals surface area (Å²) in [6, 6.07) is 0.551. The van der Waals surface area contributed by atoms with E-state index >= 15 is 0 Å². The van der Waals surface area contributed by atoms with Crippen LogP contribution >= 0.6 is 0 Å². The van der Waals surface area contributed by atoms with Crippen LogP contribution in [0.15, 0.2) is 0 Å². The SMILES string of the molecule is CN(CC1CC2CCC1C2)C1CCCC(=O)C1. The van der Waals surface area contributed by atoms with Gasteiger partial charge in [0.05, 0.1) is 0 Å². The smallest absolute Gasteiger partial charge is 0.134 e. The van der Waals surface area contributed by atoms with Crippen molar-refractivity contribution in [2.75, 3.05) is 13.6 Å². The molecule has 0 aromatic heterocycles. The summed E-state index contributed by atoms with van der Waals surface area (Å²) in [5.74, 6) is 3.49. The molecule has 3 aliphatic rings. The second-order valence-corrected chi connectivity index (χ2v) is 6.66. The number of carbonyl (C=O) groups is 1. The van der Waals surface area contributed by atoms with Crippen molar-refractivity contribution in [3.05, 3.63) is 0 Å². The third-order valence-corrected chi connectivity index (χ3v) is 5.49. The van der Waals surface area contributed by atoms with Gasteiger partial charge in [-0.1, -0.05) is 6.42 Å². The predicted molar refractivity (Wildman–Crippen MR) is 68.8 cm³/mol. The molecule has 4 unspecified atom stereocenters. The molecular weight excluding hydrogens is 210 g/mol. The Kier molecular flexibility index (Phi) is 3.25. The Morgan fingerprint density at radius 3 is 2.76 bits per heavy atom. The monoisotopic (exact) mass is 235 g/mol. The van der Waals surface area contributed by atoms with Gasteiger partial charge >= 0.3 is 0 Å². The van der Waals surface area contributed by atoms with E-state index in [0.29, 0.717) is 11.8 Å². The predicted octanol–water partition coefficient (Wildman–Crippen LogP) is 2.87. The first-order valence-electron chi connectivity index (χ1n) is 7.44. The van der Waals surface area contributed by atoms with Gasteiger partial charge in [0.2, 0.25) is 0 Å². The Labute approximate surface area is 105 Å². The second-order valence-electron chi connectivity index (χ2n) is 6.66. The zero-order valence-electron chi connectivity index (χ0n) is 11.0. The topological polar surface area (TPSA) is 20.3 Å². The Balaban J connectivity index is 1.52. The molecule has 3 rings (SSSR count). The van der Waals surface area contributed by atoms with Crippen molar-refractivity contribution in [1.82, 2.24) is 4.90 Å². The number of hydrogen-bond acceptors (Lipinski definition) is 2. The molecule has 0 amide bonds. The van der Waals surface area contributed by atoms with Crippen LogP contribution in [-0.2, 0) is 4.79 Å². The van der Waals surface area contributed by atoms with Gasteiger partial charge in [0, 0.05) is 25.4 Å². The summed E-state index contributed by atoms with van der Waals surface area (Å²) in [7, 11) is 2.25. The van der Waals surface area contributed by atoms with Gasteiger partial charge in [0.25, 0.3) is 0 Å². The molecule has 0 heterocycles. The molecule has 96 valence electrons. The molecule has 0 radical (unpaired) electrons. The van der Waals surface area contributed by atoms with Crippen LogP contribution in [0.3, 0.4) is 0 Å². The van der Waals surface area contributed by atoms with Crippen LogP contribution in [0.4, 0.5) is 0 Å². The molecule has 3 aliphatic carbocycles. The molecule has 2 heteroatoms. The van der Waals surface area contributed by atoms with Crippen molar-refractivity contribution in [2.45, 2.75) is 57.4 Å². The molecule has 2 bridgehead atoms. The lowest BCUT2D eigenvalue weighted by atomic mass is 9.87. The van der Waals surface area contributed by atoms with E-state index in [1.807, 2.05) is 0 Å². The van der Waals surface area contributed by atoms with E-state index in [2.05, 4.69) is 11.9 Å². The minimum atomic E-state index is 0.487. The summed E-state index contributed by atoms with van der Waals surface area (Å²) >= 11 is 0. The first-order chi connectivity index (χ1) is 8.22. The highest BCUT2D eigenvalue weighted by atomic mass is 16.1. The summed E-state index contributed by atoms with van der Waals surface area (Å²) in [6.07, 6.45) is 9.95. The quantitative estimate of drug-likeness (QED) is 0.749. The van der Waals surface area contributed by atoms with Crippen molar-refractivity contribution in [3.8, 4) is 0 Å². The van der Waals surface area contributed by atoms with E-state index in [4.69, 9.17) is 0 Å². The number of Topliss-reactive ketones (excluding diaryl/α,β-unsaturated/α-hetero) is 1. The summed E-state index contributed by atoms with van der Waals surface area (Å²) in [6.45, 7) is 1.25. The number of ketones is 1. The average Bonchev–Trinajstić information content (AvgIpc) is 2.91. The van der Waals surface area contributed by atoms with Crippen molar-refractivity contribution in [1.29, 1.82) is 0 Å². The highest BCUT2D eigenvalue weighted by molar-refractivity contribution is 5.79. The molecule has 0 N–H and O–H groups in total. The van der Waals surface area contributed by atoms with Crippen molar-refractivity contribution in [2.24, 2.45) is 17.8 Å². The fourth-order valence-corrected chi connectivity index (χ4v) is 4.50. The van der Waals surface area contributed by atoms with Gasteiger partial charge in [-0.15, -0.1) is 0 Å². The van der Waals surface area contributed by atoms with E-state index in [1.165, 1.54) is 38.6 Å². The molecule has 0 spiro atoms. The van der Waals surface area contributed by atoms with Crippen molar-refractivity contribution >= 4 is 5.78 Å². The maximum atomic E-state index is 11.5. The number of rotatable bonds is 3. The van der Waals surface area contributed by atoms with Gasteiger partial charge in [0.15, 0.2) is 0 Å². The molecule has 0 aromatic carbocycles. The van der Waals surface area contributed by atoms with E-state index in [0.717, 1.165) is 37.0 Å². The second kappa shape index (κ2) is 4.72. The first kappa shape index (κ1) is 11.7. The molecule has 0 aromatic rings. The third kappa shape index (κ3) is 2.42. The minimum Gasteiger partial charge on any atom is -0.303 e. The maximum absolute atomic E-state index is 11.5. The lowest BCUT2D eigenvalue weighted by Crippen LogP contribution is -2.40. The number of hydrogen-bond donors (Lipinski definition) is 0. The van der Waals surface area contributed by atoms with E-state index in [-0.39, 0.29) is 0 Å². The Morgan fingerprint density at radius 2 is 2.12 bits per heavy atom. The molecular formula is C15H25NO. The molecule has 2 nitrogen and oxygen atoms in total. The molecule has 0 saturated heterocycles. The minimum absolute atomic E-state index is 0.487. The normalized spacial score (nSPS) is 41.4. The lowest BCUT2D eigenvalue weighted by Gasteiger charge is -2.34. The largest absolute Gasteiger partial charge is 0.303 e. The summed E-state index contributed by atoms with van der Waals surface area (Å²) in [5, 5.41) is 0. The fourth-order valence-electron chi connectivity index (χ4n) is 4.50. The van der Waals surface area contributed by atoms with Crippen LogP contribution in [-0.4, -0.2) is 30.3 Å². The highest BCUT2D eigenvalue weighted by Gasteiger charge is 2.40. The summed E-state index contributed by atoms with van der Waals surface area (Å²) < 4.78 is 0. The van der Waals surface area contributed by atoms with E-state index in [9.17, 15) is 4.79 Å². The standard InChI is InChI=1S/C15H25NO/c1-16(14-3-2-4-15(17)9-14)10-13-8-11-5-6-12(13)7-11/h11-14H,2-10H2,1H3. The van der Waals surface area contributed by atoms with Gasteiger partial charge < -0.3 is 4.90 Å². The van der Waals surface area contributed by atoms with Gasteiger partial charge in [-0.2, -0.15) is 0 Å². The van der Waals surface area contributed by atoms with Gasteiger partial charge in [-0.3, -0.25) is 4.79 Å². The molecule has 3 saturated carbocycles. The molecule has 17 heavy (non-hydrogen) atoms. The van der Waals surface area contributed by atoms with Gasteiger partial charge in [0.1, 0.15) is 5.78 Å². The Hall–Kier alpha value is -0.370. The van der Waals surface area contributed by atoms with Crippen LogP contribution < -0.4 is 0 Å². The number of nitrogens with zero attached hydrogens (tertiary/aromatic N) is 1. The molecule has 4 atom stereocenters. The summed E-state index contributed by atoms with van der Waals surface area (Å²) in [4.78, 5) is 14.0. The Morgan fingerprint density at radius 1 is 1.24 bits per heavy atom. The molecule has 3 fully saturated rings. The van der Waals surface area contributed by atoms with Crippen LogP contribution in [0.2, 0.25) is 0 Å². The number of fused-ring (bicyclic) bond motifs is 2. The average molecular weight is 235 g/mol. The number of carbonyl (C=O) groups excluding carboxylic acids is 1. The third-order valence-electron chi connectivity index (χ3n) is 5.49. The first-order valence-corrected chi connectivity index (χ1v) is 7.44. The van der Waals surface area contributed by atoms with Gasteiger partial charge in [-0.05, 0) is 56.9 Å². The highest BCUT2D eigenvalue weighted by Crippen LogP contribution is 2.48. The van der Waals surface area contributed by atoms with Gasteiger partial charge in [-0.25, -0.2) is 0 Å². The Bertz CT molecular complexity index is 301. The van der Waals surface area contributed by atoms with E-state index < -0.39 is 0 Å². The zero-order chi connectivity index (χ0) is 11.8.